The van der Waals surface area contributed by atoms with E-state index in [9.17, 15) is 25.2 Å². The van der Waals surface area contributed by atoms with Gasteiger partial charge in [0.05, 0.1) is 31.5 Å². The molecule has 0 aliphatic carbocycles. The standard InChI is InChI=1S/C35H58O9/c1-19(2)32-24(7)27(36)18-35(40,44-32)26(9)31(38)25(8)33-28(41-10)14-12-13-20(3)15-22(5)30(37)23(6)16-21(4)17-29(42-11)34(39)43-33/h12-14,16-17,19,22-28,30-33,36-38,40H,15,18H2,1-11H3/b14-12-,20-13+,21-16+,29-17-/t22-,23+,24-,25-,26-,27+,28-,30-,31+,32+,33?,35+/m0/s1. The van der Waals surface area contributed by atoms with E-state index >= 15 is 0 Å². The fourth-order valence-electron chi connectivity index (χ4n) is 6.54. The Kier molecular flexibility index (Phi) is 14.3. The van der Waals surface area contributed by atoms with E-state index in [1.165, 1.54) is 14.2 Å². The highest BCUT2D eigenvalue weighted by Gasteiger charge is 2.51. The Hall–Kier alpha value is -2.01. The van der Waals surface area contributed by atoms with Crippen molar-refractivity contribution in [2.45, 2.75) is 118 Å². The van der Waals surface area contributed by atoms with Crippen molar-refractivity contribution < 1.29 is 44.2 Å². The van der Waals surface area contributed by atoms with Crippen LogP contribution in [-0.4, -0.2) is 83.0 Å². The molecule has 4 N–H and O–H groups in total. The number of aliphatic hydroxyl groups is 4. The zero-order valence-electron chi connectivity index (χ0n) is 28.6. The normalized spacial score (nSPS) is 41.2. The van der Waals surface area contributed by atoms with E-state index in [1.807, 2.05) is 66.7 Å². The maximum Gasteiger partial charge on any atom is 0.373 e. The minimum atomic E-state index is -1.80. The minimum absolute atomic E-state index is 0.00492. The number of carbonyl (C=O) groups is 1. The number of ether oxygens (including phenoxy) is 4. The quantitative estimate of drug-likeness (QED) is 0.298. The van der Waals surface area contributed by atoms with Gasteiger partial charge in [0.25, 0.3) is 0 Å². The van der Waals surface area contributed by atoms with Crippen molar-refractivity contribution in [3.63, 3.8) is 0 Å². The van der Waals surface area contributed by atoms with Gasteiger partial charge in [-0.2, -0.15) is 0 Å². The van der Waals surface area contributed by atoms with Crippen LogP contribution in [0.2, 0.25) is 0 Å². The predicted octanol–water partition coefficient (Wildman–Crippen LogP) is 4.69. The highest BCUT2D eigenvalue weighted by molar-refractivity contribution is 5.87. The lowest BCUT2D eigenvalue weighted by Gasteiger charge is -2.49. The van der Waals surface area contributed by atoms with Gasteiger partial charge in [0.1, 0.15) is 12.2 Å². The molecule has 0 spiro atoms. The molecule has 2 rings (SSSR count). The number of methoxy groups -OCH3 is 2. The van der Waals surface area contributed by atoms with Crippen LogP contribution < -0.4 is 0 Å². The molecule has 9 nitrogen and oxygen atoms in total. The van der Waals surface area contributed by atoms with Crippen molar-refractivity contribution in [2.75, 3.05) is 14.2 Å². The molecule has 0 aromatic carbocycles. The van der Waals surface area contributed by atoms with E-state index < -0.39 is 60.2 Å². The molecule has 1 fully saturated rings. The van der Waals surface area contributed by atoms with Crippen LogP contribution in [0.1, 0.15) is 75.2 Å². The third-order valence-corrected chi connectivity index (χ3v) is 9.50. The molecule has 1 unspecified atom stereocenters. The smallest absolute Gasteiger partial charge is 0.373 e. The van der Waals surface area contributed by atoms with E-state index in [0.717, 1.165) is 11.1 Å². The second-order valence-electron chi connectivity index (χ2n) is 13.6. The second kappa shape index (κ2) is 16.5. The number of esters is 1. The monoisotopic (exact) mass is 622 g/mol. The van der Waals surface area contributed by atoms with Crippen LogP contribution in [0.15, 0.2) is 47.3 Å². The van der Waals surface area contributed by atoms with Crippen LogP contribution in [-0.2, 0) is 23.7 Å². The number of cyclic esters (lactones) is 1. The van der Waals surface area contributed by atoms with Gasteiger partial charge in [-0.1, -0.05) is 83.9 Å². The number of hydrogen-bond acceptors (Lipinski definition) is 9. The summed E-state index contributed by atoms with van der Waals surface area (Å²) in [5.74, 6) is -4.49. The molecule has 0 aromatic rings. The van der Waals surface area contributed by atoms with E-state index in [4.69, 9.17) is 18.9 Å². The summed E-state index contributed by atoms with van der Waals surface area (Å²) >= 11 is 0. The zero-order chi connectivity index (χ0) is 33.5. The van der Waals surface area contributed by atoms with Crippen LogP contribution in [0.4, 0.5) is 0 Å². The van der Waals surface area contributed by atoms with Crippen LogP contribution in [0.25, 0.3) is 0 Å². The predicted molar refractivity (Wildman–Crippen MR) is 170 cm³/mol. The van der Waals surface area contributed by atoms with Crippen LogP contribution in [0, 0.1) is 35.5 Å². The molecule has 2 aliphatic heterocycles. The van der Waals surface area contributed by atoms with Gasteiger partial charge in [0.15, 0.2) is 5.79 Å². The molecule has 0 bridgehead atoms. The third-order valence-electron chi connectivity index (χ3n) is 9.50. The van der Waals surface area contributed by atoms with Gasteiger partial charge >= 0.3 is 5.97 Å². The van der Waals surface area contributed by atoms with Gasteiger partial charge in [-0.3, -0.25) is 0 Å². The van der Waals surface area contributed by atoms with Gasteiger partial charge in [0, 0.05) is 37.2 Å². The lowest BCUT2D eigenvalue weighted by Crippen LogP contribution is -2.59. The second-order valence-corrected chi connectivity index (χ2v) is 13.6. The molecular weight excluding hydrogens is 564 g/mol. The van der Waals surface area contributed by atoms with Crippen LogP contribution >= 0.6 is 0 Å². The van der Waals surface area contributed by atoms with E-state index in [0.29, 0.717) is 6.42 Å². The van der Waals surface area contributed by atoms with E-state index in [2.05, 4.69) is 0 Å². The van der Waals surface area contributed by atoms with Gasteiger partial charge in [-0.05, 0) is 38.2 Å². The topological polar surface area (TPSA) is 135 Å². The largest absolute Gasteiger partial charge is 0.490 e. The molecule has 252 valence electrons. The van der Waals surface area contributed by atoms with Crippen molar-refractivity contribution in [3.05, 3.63) is 47.3 Å². The first-order valence-electron chi connectivity index (χ1n) is 15.9. The summed E-state index contributed by atoms with van der Waals surface area (Å²) < 4.78 is 23.4. The van der Waals surface area contributed by atoms with E-state index in [-0.39, 0.29) is 35.9 Å². The average molecular weight is 623 g/mol. The van der Waals surface area contributed by atoms with Crippen LogP contribution in [0.5, 0.6) is 0 Å². The summed E-state index contributed by atoms with van der Waals surface area (Å²) in [7, 11) is 2.87. The average Bonchev–Trinajstić information content (AvgIpc) is 2.96. The Balaban J connectivity index is 2.52. The number of hydrogen-bond donors (Lipinski definition) is 4. The van der Waals surface area contributed by atoms with Crippen molar-refractivity contribution in [1.29, 1.82) is 0 Å². The highest BCUT2D eigenvalue weighted by atomic mass is 16.6. The Morgan fingerprint density at radius 2 is 1.68 bits per heavy atom. The van der Waals surface area contributed by atoms with Crippen molar-refractivity contribution in [1.82, 2.24) is 0 Å². The Labute approximate surface area is 264 Å². The third kappa shape index (κ3) is 9.50. The number of allylic oxidation sites excluding steroid dienone is 5. The summed E-state index contributed by atoms with van der Waals surface area (Å²) in [6.45, 7) is 17.0. The van der Waals surface area contributed by atoms with Gasteiger partial charge in [0.2, 0.25) is 5.76 Å². The highest BCUT2D eigenvalue weighted by Crippen LogP contribution is 2.41. The van der Waals surface area contributed by atoms with Gasteiger partial charge < -0.3 is 39.4 Å². The molecule has 44 heavy (non-hydrogen) atoms. The number of carbonyl (C=O) groups excluding carboxylic acids is 1. The van der Waals surface area contributed by atoms with E-state index in [1.54, 1.807) is 26.0 Å². The molecule has 0 aromatic heterocycles. The summed E-state index contributed by atoms with van der Waals surface area (Å²) in [6, 6.07) is 0. The molecule has 2 heterocycles. The fourth-order valence-corrected chi connectivity index (χ4v) is 6.54. The number of rotatable bonds is 7. The summed E-state index contributed by atoms with van der Waals surface area (Å²) in [5.41, 5.74) is 1.78. The lowest BCUT2D eigenvalue weighted by atomic mass is 9.76. The maximum absolute atomic E-state index is 13.5. The molecule has 0 amide bonds. The Morgan fingerprint density at radius 3 is 2.25 bits per heavy atom. The first-order valence-corrected chi connectivity index (χ1v) is 15.9. The summed E-state index contributed by atoms with van der Waals surface area (Å²) in [4.78, 5) is 13.5. The minimum Gasteiger partial charge on any atom is -0.490 e. The Bertz CT molecular complexity index is 1060. The van der Waals surface area contributed by atoms with Gasteiger partial charge in [-0.15, -0.1) is 0 Å². The maximum atomic E-state index is 13.5. The van der Waals surface area contributed by atoms with Crippen molar-refractivity contribution in [2.24, 2.45) is 35.5 Å². The zero-order valence-corrected chi connectivity index (χ0v) is 28.6. The molecule has 1 saturated heterocycles. The Morgan fingerprint density at radius 1 is 1.05 bits per heavy atom. The molecule has 12 atom stereocenters. The lowest BCUT2D eigenvalue weighted by molar-refractivity contribution is -0.328. The van der Waals surface area contributed by atoms with Crippen molar-refractivity contribution >= 4 is 5.97 Å². The summed E-state index contributed by atoms with van der Waals surface area (Å²) in [5, 5.41) is 45.0. The van der Waals surface area contributed by atoms with Gasteiger partial charge in [-0.25, -0.2) is 4.79 Å². The molecule has 2 aliphatic rings. The molecule has 0 saturated carbocycles. The van der Waals surface area contributed by atoms with Crippen molar-refractivity contribution in [3.8, 4) is 0 Å². The molecular formula is C35H58O9. The fraction of sp³-hybridized carbons (Fsp3) is 0.743. The molecule has 9 heteroatoms. The first kappa shape index (κ1) is 38.2. The summed E-state index contributed by atoms with van der Waals surface area (Å²) in [6.07, 6.45) is 4.85. The molecule has 0 radical (unpaired) electrons. The first-order chi connectivity index (χ1) is 20.5. The SMILES string of the molecule is CO/C1=C\C(C)=C\[C@@H](C)[C@@H](O)[C@@H](C)C/C(C)=C/C=C\[C@H](OC)C([C@@H](C)[C@@H](O)[C@H](C)[C@@]2(O)C[C@@H](O)[C@H](C)[C@@H](C(C)C)O2)OC1=O. The van der Waals surface area contributed by atoms with Crippen LogP contribution in [0.3, 0.4) is 0 Å². The number of aliphatic hydroxyl groups excluding tert-OH is 3.